The maximum absolute atomic E-state index is 11.0. The number of carboxylic acid groups (broad SMARTS) is 1. The third kappa shape index (κ3) is 4.25. The molecule has 7 heteroatoms. The van der Waals surface area contributed by atoms with E-state index >= 15 is 0 Å². The van der Waals surface area contributed by atoms with Gasteiger partial charge >= 0.3 is 5.97 Å². The van der Waals surface area contributed by atoms with Crippen molar-refractivity contribution in [1.82, 2.24) is 4.90 Å². The summed E-state index contributed by atoms with van der Waals surface area (Å²) in [6.45, 7) is 4.68. The van der Waals surface area contributed by atoms with Crippen LogP contribution in [0.3, 0.4) is 0 Å². The molecule has 0 aliphatic carbocycles. The summed E-state index contributed by atoms with van der Waals surface area (Å²) in [5, 5.41) is 10.2. The fourth-order valence-electron chi connectivity index (χ4n) is 4.46. The summed E-state index contributed by atoms with van der Waals surface area (Å²) in [7, 11) is 0. The lowest BCUT2D eigenvalue weighted by atomic mass is 9.74. The highest BCUT2D eigenvalue weighted by molar-refractivity contribution is 6.35. The van der Waals surface area contributed by atoms with Crippen molar-refractivity contribution in [2.24, 2.45) is 0 Å². The summed E-state index contributed by atoms with van der Waals surface area (Å²) in [5.41, 5.74) is 1.98. The summed E-state index contributed by atoms with van der Waals surface area (Å²) in [4.78, 5) is 13.3. The van der Waals surface area contributed by atoms with Crippen molar-refractivity contribution in [2.75, 3.05) is 19.7 Å². The highest BCUT2D eigenvalue weighted by Gasteiger charge is 2.43. The minimum atomic E-state index is -0.747. The van der Waals surface area contributed by atoms with Crippen molar-refractivity contribution < 1.29 is 19.4 Å². The average Bonchev–Trinajstić information content (AvgIpc) is 3.05. The first-order valence-corrected chi connectivity index (χ1v) is 10.9. The molecule has 2 heterocycles. The number of carboxylic acids is 1. The van der Waals surface area contributed by atoms with Crippen LogP contribution in [0.5, 0.6) is 11.5 Å². The quantitative estimate of drug-likeness (QED) is 0.659. The van der Waals surface area contributed by atoms with Gasteiger partial charge < -0.3 is 19.5 Å². The normalized spacial score (nSPS) is 18.6. The fourth-order valence-corrected chi connectivity index (χ4v) is 4.96. The van der Waals surface area contributed by atoms with E-state index in [-0.39, 0.29) is 17.9 Å². The molecule has 0 radical (unpaired) electrons. The lowest BCUT2D eigenvalue weighted by Gasteiger charge is -2.40. The molecular weight excluding hydrogens is 425 g/mol. The Kier molecular flexibility index (Phi) is 6.14. The molecule has 1 N–H and O–H groups in total. The van der Waals surface area contributed by atoms with E-state index in [1.165, 1.54) is 5.56 Å². The van der Waals surface area contributed by atoms with E-state index in [2.05, 4.69) is 11.0 Å². The minimum Gasteiger partial charge on any atom is -0.492 e. The van der Waals surface area contributed by atoms with Crippen LogP contribution in [0.2, 0.25) is 10.0 Å². The number of nitrogens with zero attached hydrogens (tertiary/aromatic N) is 1. The second-order valence-corrected chi connectivity index (χ2v) is 9.01. The molecule has 5 nitrogen and oxygen atoms in total. The molecule has 1 fully saturated rings. The van der Waals surface area contributed by atoms with Crippen molar-refractivity contribution in [3.05, 3.63) is 57.6 Å². The Hall–Kier alpha value is -1.95. The topological polar surface area (TPSA) is 59.0 Å². The number of aliphatic carboxylic acids is 1. The number of hydrogen-bond acceptors (Lipinski definition) is 4. The highest BCUT2D eigenvalue weighted by Crippen LogP contribution is 2.47. The van der Waals surface area contributed by atoms with Gasteiger partial charge in [0.25, 0.3) is 0 Å². The Bertz CT molecular complexity index is 921. The van der Waals surface area contributed by atoms with Crippen molar-refractivity contribution in [3.63, 3.8) is 0 Å². The fraction of sp³-hybridized carbons (Fsp3) is 0.435. The first-order valence-electron chi connectivity index (χ1n) is 10.2. The standard InChI is InChI=1S/C23H25Cl2NO4/c1-15(11-22(27)28)26-9-7-23(8-10-26)14-30-21-12-16(5-6-18(21)23)29-13-17-19(24)3-2-4-20(17)25/h2-6,12,15H,7-11,13-14H2,1H3,(H,27,28). The van der Waals surface area contributed by atoms with E-state index in [1.807, 2.05) is 25.1 Å². The number of ether oxygens (including phenoxy) is 2. The number of benzene rings is 2. The molecule has 0 saturated carbocycles. The molecule has 2 aliphatic heterocycles. The van der Waals surface area contributed by atoms with Crippen LogP contribution in [-0.2, 0) is 16.8 Å². The Labute approximate surface area is 186 Å². The summed E-state index contributed by atoms with van der Waals surface area (Å²) >= 11 is 12.4. The van der Waals surface area contributed by atoms with E-state index in [4.69, 9.17) is 37.8 Å². The molecule has 4 rings (SSSR count). The Morgan fingerprint density at radius 2 is 1.93 bits per heavy atom. The van der Waals surface area contributed by atoms with Crippen LogP contribution in [0.4, 0.5) is 0 Å². The summed E-state index contributed by atoms with van der Waals surface area (Å²) in [6.07, 6.45) is 2.09. The third-order valence-electron chi connectivity index (χ3n) is 6.32. The molecule has 1 saturated heterocycles. The van der Waals surface area contributed by atoms with E-state index in [9.17, 15) is 4.79 Å². The average molecular weight is 450 g/mol. The number of hydrogen-bond donors (Lipinski definition) is 1. The lowest BCUT2D eigenvalue weighted by molar-refractivity contribution is -0.138. The molecular formula is C23H25Cl2NO4. The van der Waals surface area contributed by atoms with E-state index in [0.717, 1.165) is 37.2 Å². The van der Waals surface area contributed by atoms with Gasteiger partial charge in [0.05, 0.1) is 13.0 Å². The zero-order chi connectivity index (χ0) is 21.3. The minimum absolute atomic E-state index is 0.000642. The Balaban J connectivity index is 1.42. The second-order valence-electron chi connectivity index (χ2n) is 8.20. The maximum atomic E-state index is 11.0. The van der Waals surface area contributed by atoms with Gasteiger partial charge in [-0.05, 0) is 51.1 Å². The highest BCUT2D eigenvalue weighted by atomic mass is 35.5. The molecule has 0 amide bonds. The van der Waals surface area contributed by atoms with E-state index < -0.39 is 5.97 Å². The van der Waals surface area contributed by atoms with Crippen molar-refractivity contribution in [2.45, 2.75) is 44.2 Å². The summed E-state index contributed by atoms with van der Waals surface area (Å²) in [6, 6.07) is 11.5. The van der Waals surface area contributed by atoms with Crippen LogP contribution in [0.1, 0.15) is 37.3 Å². The van der Waals surface area contributed by atoms with Crippen LogP contribution >= 0.6 is 23.2 Å². The van der Waals surface area contributed by atoms with Gasteiger partial charge in [0.15, 0.2) is 0 Å². The molecule has 0 aromatic heterocycles. The van der Waals surface area contributed by atoms with Gasteiger partial charge in [0, 0.05) is 38.7 Å². The van der Waals surface area contributed by atoms with Crippen molar-refractivity contribution in [3.8, 4) is 11.5 Å². The molecule has 160 valence electrons. The largest absolute Gasteiger partial charge is 0.492 e. The zero-order valence-electron chi connectivity index (χ0n) is 16.9. The van der Waals surface area contributed by atoms with Crippen molar-refractivity contribution in [1.29, 1.82) is 0 Å². The van der Waals surface area contributed by atoms with Gasteiger partial charge in [-0.15, -0.1) is 0 Å². The molecule has 30 heavy (non-hydrogen) atoms. The number of rotatable bonds is 6. The zero-order valence-corrected chi connectivity index (χ0v) is 18.4. The molecule has 2 aromatic carbocycles. The maximum Gasteiger partial charge on any atom is 0.304 e. The Morgan fingerprint density at radius 1 is 1.23 bits per heavy atom. The van der Waals surface area contributed by atoms with E-state index in [0.29, 0.717) is 29.0 Å². The first kappa shape index (κ1) is 21.3. The van der Waals surface area contributed by atoms with Crippen LogP contribution in [0.25, 0.3) is 0 Å². The molecule has 1 atom stereocenters. The first-order chi connectivity index (χ1) is 14.4. The van der Waals surface area contributed by atoms with Gasteiger partial charge in [-0.25, -0.2) is 0 Å². The van der Waals surface area contributed by atoms with Crippen LogP contribution in [-0.4, -0.2) is 41.7 Å². The number of halogens is 2. The monoisotopic (exact) mass is 449 g/mol. The molecule has 2 aliphatic rings. The molecule has 1 spiro atoms. The summed E-state index contributed by atoms with van der Waals surface area (Å²) < 4.78 is 12.0. The van der Waals surface area contributed by atoms with Gasteiger partial charge in [0.2, 0.25) is 0 Å². The predicted octanol–water partition coefficient (Wildman–Crippen LogP) is 5.16. The van der Waals surface area contributed by atoms with E-state index in [1.54, 1.807) is 12.1 Å². The van der Waals surface area contributed by atoms with Crippen molar-refractivity contribution >= 4 is 29.2 Å². The van der Waals surface area contributed by atoms with Gasteiger partial charge in [-0.3, -0.25) is 4.79 Å². The van der Waals surface area contributed by atoms with Gasteiger partial charge in [-0.1, -0.05) is 35.3 Å². The smallest absolute Gasteiger partial charge is 0.304 e. The summed E-state index contributed by atoms with van der Waals surface area (Å²) in [5.74, 6) is 0.835. The molecule has 0 bridgehead atoms. The van der Waals surface area contributed by atoms with Crippen LogP contribution in [0.15, 0.2) is 36.4 Å². The molecule has 2 aromatic rings. The van der Waals surface area contributed by atoms with Gasteiger partial charge in [0.1, 0.15) is 18.1 Å². The molecule has 1 unspecified atom stereocenters. The number of piperidine rings is 1. The number of fused-ring (bicyclic) bond motifs is 2. The lowest BCUT2D eigenvalue weighted by Crippen LogP contribution is -2.47. The Morgan fingerprint density at radius 3 is 2.60 bits per heavy atom. The second kappa shape index (κ2) is 8.66. The van der Waals surface area contributed by atoms with Crippen LogP contribution < -0.4 is 9.47 Å². The number of likely N-dealkylation sites (tertiary alicyclic amines) is 1. The predicted molar refractivity (Wildman–Crippen MR) is 117 cm³/mol. The van der Waals surface area contributed by atoms with Crippen LogP contribution in [0, 0.1) is 0 Å². The van der Waals surface area contributed by atoms with Gasteiger partial charge in [-0.2, -0.15) is 0 Å². The number of carbonyl (C=O) groups is 1. The third-order valence-corrected chi connectivity index (χ3v) is 7.03. The SMILES string of the molecule is CC(CC(=O)O)N1CCC2(CC1)COc1cc(OCc3c(Cl)cccc3Cl)ccc12.